The number of rotatable bonds is 0. The van der Waals surface area contributed by atoms with Crippen LogP contribution in [0.2, 0.25) is 5.02 Å². The molecule has 0 nitrogen and oxygen atoms in total. The Morgan fingerprint density at radius 3 is 2.40 bits per heavy atom. The maximum atomic E-state index is 5.91. The van der Waals surface area contributed by atoms with Crippen molar-refractivity contribution in [2.75, 3.05) is 0 Å². The summed E-state index contributed by atoms with van der Waals surface area (Å²) in [6, 6.07) is 3.93. The van der Waals surface area contributed by atoms with Crippen LogP contribution in [0.1, 0.15) is 11.1 Å². The SMILES string of the molecule is Cc1ccc(S)c(Cl)c1C. The molecule has 0 saturated carbocycles. The first-order valence-electron chi connectivity index (χ1n) is 3.07. The molecular weight excluding hydrogens is 164 g/mol. The van der Waals surface area contributed by atoms with Crippen LogP contribution in [0.3, 0.4) is 0 Å². The van der Waals surface area contributed by atoms with Gasteiger partial charge in [0.05, 0.1) is 5.02 Å². The third kappa shape index (κ3) is 1.30. The maximum absolute atomic E-state index is 5.91. The fourth-order valence-electron chi connectivity index (χ4n) is 0.767. The van der Waals surface area contributed by atoms with Gasteiger partial charge in [0.1, 0.15) is 0 Å². The lowest BCUT2D eigenvalue weighted by molar-refractivity contribution is 1.28. The number of thiol groups is 1. The minimum atomic E-state index is 0.767. The largest absolute Gasteiger partial charge is 0.142 e. The minimum absolute atomic E-state index is 0.767. The minimum Gasteiger partial charge on any atom is -0.142 e. The molecular formula is C8H9ClS. The summed E-state index contributed by atoms with van der Waals surface area (Å²) >= 11 is 10.1. The van der Waals surface area contributed by atoms with Gasteiger partial charge in [-0.15, -0.1) is 12.6 Å². The molecule has 1 rings (SSSR count). The molecule has 54 valence electrons. The Hall–Kier alpha value is -0.140. The van der Waals surface area contributed by atoms with Crippen LogP contribution in [0.25, 0.3) is 0 Å². The van der Waals surface area contributed by atoms with Crippen LogP contribution in [-0.4, -0.2) is 0 Å². The van der Waals surface area contributed by atoms with Crippen LogP contribution in [0.4, 0.5) is 0 Å². The Bertz CT molecular complexity index is 229. The molecule has 0 bridgehead atoms. The Morgan fingerprint density at radius 2 is 1.90 bits per heavy atom. The summed E-state index contributed by atoms with van der Waals surface area (Å²) in [6.07, 6.45) is 0. The van der Waals surface area contributed by atoms with Crippen molar-refractivity contribution in [3.8, 4) is 0 Å². The summed E-state index contributed by atoms with van der Waals surface area (Å²) in [7, 11) is 0. The van der Waals surface area contributed by atoms with Gasteiger partial charge in [0.15, 0.2) is 0 Å². The third-order valence-corrected chi connectivity index (χ3v) is 2.63. The second kappa shape index (κ2) is 2.85. The van der Waals surface area contributed by atoms with Gasteiger partial charge >= 0.3 is 0 Å². The van der Waals surface area contributed by atoms with Gasteiger partial charge in [0, 0.05) is 4.90 Å². The Labute approximate surface area is 71.6 Å². The predicted octanol–water partition coefficient (Wildman–Crippen LogP) is 3.25. The number of aryl methyl sites for hydroxylation is 1. The summed E-state index contributed by atoms with van der Waals surface area (Å²) in [5, 5.41) is 0.767. The van der Waals surface area contributed by atoms with Gasteiger partial charge in [0.25, 0.3) is 0 Å². The molecule has 0 spiro atoms. The second-order valence-electron chi connectivity index (χ2n) is 2.34. The molecule has 0 radical (unpaired) electrons. The topological polar surface area (TPSA) is 0 Å². The van der Waals surface area contributed by atoms with Crippen LogP contribution < -0.4 is 0 Å². The monoisotopic (exact) mass is 172 g/mol. The maximum Gasteiger partial charge on any atom is 0.0571 e. The Morgan fingerprint density at radius 1 is 1.30 bits per heavy atom. The van der Waals surface area contributed by atoms with Crippen LogP contribution in [0.15, 0.2) is 17.0 Å². The highest BCUT2D eigenvalue weighted by molar-refractivity contribution is 7.80. The quantitative estimate of drug-likeness (QED) is 0.571. The van der Waals surface area contributed by atoms with E-state index in [1.54, 1.807) is 0 Å². The lowest BCUT2D eigenvalue weighted by atomic mass is 10.1. The first-order chi connectivity index (χ1) is 4.63. The lowest BCUT2D eigenvalue weighted by Crippen LogP contribution is -1.82. The molecule has 0 N–H and O–H groups in total. The van der Waals surface area contributed by atoms with Crippen LogP contribution in [0, 0.1) is 13.8 Å². The average molecular weight is 173 g/mol. The third-order valence-electron chi connectivity index (χ3n) is 1.64. The normalized spacial score (nSPS) is 10.0. The molecule has 2 heteroatoms. The molecule has 0 amide bonds. The molecule has 0 atom stereocenters. The molecule has 1 aromatic carbocycles. The van der Waals surface area contributed by atoms with Gasteiger partial charge < -0.3 is 0 Å². The van der Waals surface area contributed by atoms with E-state index in [4.69, 9.17) is 11.6 Å². The van der Waals surface area contributed by atoms with Crippen molar-refractivity contribution >= 4 is 24.2 Å². The number of halogens is 1. The van der Waals surface area contributed by atoms with E-state index < -0.39 is 0 Å². The smallest absolute Gasteiger partial charge is 0.0571 e. The molecule has 0 saturated heterocycles. The zero-order valence-electron chi connectivity index (χ0n) is 5.98. The van der Waals surface area contributed by atoms with Gasteiger partial charge in [-0.2, -0.15) is 0 Å². The van der Waals surface area contributed by atoms with Gasteiger partial charge in [0.2, 0.25) is 0 Å². The summed E-state index contributed by atoms with van der Waals surface area (Å²) in [4.78, 5) is 0.852. The number of hydrogen-bond donors (Lipinski definition) is 1. The van der Waals surface area contributed by atoms with E-state index in [1.807, 2.05) is 26.0 Å². The van der Waals surface area contributed by atoms with E-state index in [2.05, 4.69) is 12.6 Å². The van der Waals surface area contributed by atoms with Crippen molar-refractivity contribution in [1.29, 1.82) is 0 Å². The average Bonchev–Trinajstić information content (AvgIpc) is 1.93. The van der Waals surface area contributed by atoms with Crippen LogP contribution in [0.5, 0.6) is 0 Å². The van der Waals surface area contributed by atoms with Gasteiger partial charge in [-0.05, 0) is 31.0 Å². The first kappa shape index (κ1) is 7.96. The van der Waals surface area contributed by atoms with E-state index in [0.717, 1.165) is 15.5 Å². The van der Waals surface area contributed by atoms with Crippen molar-refractivity contribution in [2.24, 2.45) is 0 Å². The van der Waals surface area contributed by atoms with E-state index >= 15 is 0 Å². The van der Waals surface area contributed by atoms with Gasteiger partial charge in [-0.3, -0.25) is 0 Å². The Kier molecular flexibility index (Phi) is 2.27. The Balaban J connectivity index is 3.34. The predicted molar refractivity (Wildman–Crippen MR) is 48.2 cm³/mol. The highest BCUT2D eigenvalue weighted by atomic mass is 35.5. The van der Waals surface area contributed by atoms with Crippen LogP contribution >= 0.6 is 24.2 Å². The molecule has 0 heterocycles. The molecule has 0 aromatic heterocycles. The van der Waals surface area contributed by atoms with E-state index in [9.17, 15) is 0 Å². The fourth-order valence-corrected chi connectivity index (χ4v) is 1.22. The summed E-state index contributed by atoms with van der Waals surface area (Å²) in [5.74, 6) is 0. The molecule has 0 aliphatic carbocycles. The molecule has 0 aliphatic heterocycles. The summed E-state index contributed by atoms with van der Waals surface area (Å²) in [5.41, 5.74) is 2.33. The van der Waals surface area contributed by atoms with Gasteiger partial charge in [-0.1, -0.05) is 17.7 Å². The molecule has 0 fully saturated rings. The number of benzene rings is 1. The van der Waals surface area contributed by atoms with Crippen molar-refractivity contribution < 1.29 is 0 Å². The highest BCUT2D eigenvalue weighted by Gasteiger charge is 2.00. The van der Waals surface area contributed by atoms with E-state index in [1.165, 1.54) is 5.56 Å². The van der Waals surface area contributed by atoms with Gasteiger partial charge in [-0.25, -0.2) is 0 Å². The lowest BCUT2D eigenvalue weighted by Gasteiger charge is -2.03. The zero-order valence-corrected chi connectivity index (χ0v) is 7.63. The van der Waals surface area contributed by atoms with Crippen molar-refractivity contribution in [2.45, 2.75) is 18.7 Å². The molecule has 1 aromatic rings. The highest BCUT2D eigenvalue weighted by Crippen LogP contribution is 2.25. The van der Waals surface area contributed by atoms with Crippen molar-refractivity contribution in [3.05, 3.63) is 28.3 Å². The zero-order chi connectivity index (χ0) is 7.72. The molecule has 0 unspecified atom stereocenters. The summed E-state index contributed by atoms with van der Waals surface area (Å²) < 4.78 is 0. The first-order valence-corrected chi connectivity index (χ1v) is 3.90. The van der Waals surface area contributed by atoms with E-state index in [-0.39, 0.29) is 0 Å². The van der Waals surface area contributed by atoms with E-state index in [0.29, 0.717) is 0 Å². The summed E-state index contributed by atoms with van der Waals surface area (Å²) in [6.45, 7) is 4.03. The second-order valence-corrected chi connectivity index (χ2v) is 3.20. The number of hydrogen-bond acceptors (Lipinski definition) is 1. The van der Waals surface area contributed by atoms with Crippen molar-refractivity contribution in [1.82, 2.24) is 0 Å². The van der Waals surface area contributed by atoms with Crippen LogP contribution in [-0.2, 0) is 0 Å². The fraction of sp³-hybridized carbons (Fsp3) is 0.250. The standard InChI is InChI=1S/C8H9ClS/c1-5-3-4-7(10)8(9)6(5)2/h3-4,10H,1-2H3. The molecule has 10 heavy (non-hydrogen) atoms. The van der Waals surface area contributed by atoms with Crippen molar-refractivity contribution in [3.63, 3.8) is 0 Å². The molecule has 0 aliphatic rings.